The zero-order chi connectivity index (χ0) is 24.7. The molecule has 0 saturated carbocycles. The quantitative estimate of drug-likeness (QED) is 0.456. The third-order valence-corrected chi connectivity index (χ3v) is 8.26. The van der Waals surface area contributed by atoms with Crippen LogP contribution >= 0.6 is 0 Å². The van der Waals surface area contributed by atoms with Gasteiger partial charge in [-0.1, -0.05) is 41.0 Å². The summed E-state index contributed by atoms with van der Waals surface area (Å²) >= 11 is 0. The van der Waals surface area contributed by atoms with Crippen LogP contribution in [0, 0.1) is 23.7 Å². The minimum Gasteiger partial charge on any atom is -0.394 e. The van der Waals surface area contributed by atoms with Crippen molar-refractivity contribution in [1.29, 1.82) is 0 Å². The van der Waals surface area contributed by atoms with E-state index in [4.69, 9.17) is 4.74 Å². The largest absolute Gasteiger partial charge is 0.394 e. The maximum absolute atomic E-state index is 14.0. The van der Waals surface area contributed by atoms with Crippen molar-refractivity contribution in [2.75, 3.05) is 13.2 Å². The van der Waals surface area contributed by atoms with E-state index in [0.717, 1.165) is 19.3 Å². The average Bonchev–Trinajstić information content (AvgIpc) is 3.24. The summed E-state index contributed by atoms with van der Waals surface area (Å²) in [6, 6.07) is -1.45. The molecule has 3 fully saturated rings. The minimum absolute atomic E-state index is 0.00821. The van der Waals surface area contributed by atoms with Gasteiger partial charge in [-0.25, -0.2) is 0 Å². The Morgan fingerprint density at radius 2 is 1.88 bits per heavy atom. The summed E-state index contributed by atoms with van der Waals surface area (Å²) in [6.07, 6.45) is 3.08. The smallest absolute Gasteiger partial charge is 0.246 e. The van der Waals surface area contributed by atoms with Crippen LogP contribution in [0.3, 0.4) is 0 Å². The lowest BCUT2D eigenvalue weighted by molar-refractivity contribution is -0.152. The van der Waals surface area contributed by atoms with Crippen molar-refractivity contribution in [2.45, 2.75) is 103 Å². The fourth-order valence-corrected chi connectivity index (χ4v) is 6.54. The van der Waals surface area contributed by atoms with Gasteiger partial charge in [0.2, 0.25) is 17.7 Å². The summed E-state index contributed by atoms with van der Waals surface area (Å²) in [5.41, 5.74) is -1.89. The van der Waals surface area contributed by atoms with Crippen LogP contribution in [-0.2, 0) is 19.1 Å². The molecule has 0 aromatic heterocycles. The first-order chi connectivity index (χ1) is 15.5. The second kappa shape index (κ2) is 9.53. The van der Waals surface area contributed by atoms with Crippen molar-refractivity contribution in [2.24, 2.45) is 23.7 Å². The van der Waals surface area contributed by atoms with Gasteiger partial charge in [0.25, 0.3) is 0 Å². The van der Waals surface area contributed by atoms with E-state index in [1.54, 1.807) is 4.90 Å². The fourth-order valence-electron chi connectivity index (χ4n) is 6.54. The minimum atomic E-state index is -1.07. The summed E-state index contributed by atoms with van der Waals surface area (Å²) in [6.45, 7) is 14.1. The Hall–Kier alpha value is -1.67. The first-order valence-electron chi connectivity index (χ1n) is 12.7. The number of hydrogen-bond donors (Lipinski definition) is 3. The van der Waals surface area contributed by atoms with Gasteiger partial charge in [0.1, 0.15) is 11.6 Å². The van der Waals surface area contributed by atoms with E-state index in [1.165, 1.54) is 0 Å². The molecule has 188 valence electrons. The van der Waals surface area contributed by atoms with E-state index in [-0.39, 0.29) is 42.2 Å². The van der Waals surface area contributed by atoms with E-state index >= 15 is 0 Å². The molecule has 8 heteroatoms. The lowest BCUT2D eigenvalue weighted by Gasteiger charge is -2.39. The number of nitrogens with zero attached hydrogens (tertiary/aromatic N) is 1. The van der Waals surface area contributed by atoms with Gasteiger partial charge >= 0.3 is 0 Å². The summed E-state index contributed by atoms with van der Waals surface area (Å²) in [4.78, 5) is 42.7. The summed E-state index contributed by atoms with van der Waals surface area (Å²) in [7, 11) is 0. The number of carbonyl (C=O) groups excluding carboxylic acids is 3. The zero-order valence-corrected chi connectivity index (χ0v) is 21.3. The molecule has 8 nitrogen and oxygen atoms in total. The number of carbonyl (C=O) groups is 3. The number of aliphatic hydroxyl groups excluding tert-OH is 1. The van der Waals surface area contributed by atoms with Crippen LogP contribution in [0.4, 0.5) is 0 Å². The molecule has 0 aromatic carbocycles. The molecule has 0 aliphatic carbocycles. The molecule has 3 amide bonds. The summed E-state index contributed by atoms with van der Waals surface area (Å²) in [5, 5.41) is 16.3. The average molecular weight is 466 g/mol. The molecule has 8 atom stereocenters. The van der Waals surface area contributed by atoms with Gasteiger partial charge in [0, 0.05) is 12.6 Å². The molecule has 2 bridgehead atoms. The number of fused-ring (bicyclic) bond motifs is 1. The highest BCUT2D eigenvalue weighted by Gasteiger charge is 2.80. The van der Waals surface area contributed by atoms with E-state index < -0.39 is 35.1 Å². The van der Waals surface area contributed by atoms with Gasteiger partial charge in [-0.3, -0.25) is 14.4 Å². The van der Waals surface area contributed by atoms with Crippen LogP contribution in [0.5, 0.6) is 0 Å². The topological polar surface area (TPSA) is 108 Å². The molecule has 3 saturated heterocycles. The summed E-state index contributed by atoms with van der Waals surface area (Å²) in [5.74, 6) is -2.14. The normalized spacial score (nSPS) is 36.8. The predicted molar refractivity (Wildman–Crippen MR) is 125 cm³/mol. The highest BCUT2D eigenvalue weighted by molar-refractivity contribution is 5.99. The molecule has 1 spiro atoms. The number of nitrogens with one attached hydrogen (secondary N) is 2. The Morgan fingerprint density at radius 1 is 1.21 bits per heavy atom. The lowest BCUT2D eigenvalue weighted by Crippen LogP contribution is -2.60. The molecule has 3 rings (SSSR count). The Kier molecular flexibility index (Phi) is 7.49. The molecule has 3 aliphatic rings. The number of aliphatic hydroxyl groups is 1. The van der Waals surface area contributed by atoms with Crippen LogP contribution < -0.4 is 10.6 Å². The third kappa shape index (κ3) is 3.97. The Balaban J connectivity index is 2.09. The third-order valence-electron chi connectivity index (χ3n) is 8.26. The molecule has 0 aromatic rings. The highest BCUT2D eigenvalue weighted by Crippen LogP contribution is 2.65. The van der Waals surface area contributed by atoms with Crippen LogP contribution in [0.15, 0.2) is 0 Å². The molecule has 3 heterocycles. The van der Waals surface area contributed by atoms with Crippen molar-refractivity contribution in [3.8, 4) is 0 Å². The van der Waals surface area contributed by atoms with Gasteiger partial charge in [-0.15, -0.1) is 0 Å². The highest BCUT2D eigenvalue weighted by atomic mass is 16.5. The first kappa shape index (κ1) is 25.9. The van der Waals surface area contributed by atoms with Gasteiger partial charge in [0.05, 0.1) is 30.1 Å². The van der Waals surface area contributed by atoms with E-state index in [9.17, 15) is 19.5 Å². The Morgan fingerprint density at radius 3 is 2.42 bits per heavy atom. The molecule has 3 N–H and O–H groups in total. The van der Waals surface area contributed by atoms with Crippen LogP contribution in [0.2, 0.25) is 0 Å². The molecular weight excluding hydrogens is 422 g/mol. The van der Waals surface area contributed by atoms with Gasteiger partial charge in [-0.05, 0) is 44.9 Å². The predicted octanol–water partition coefficient (Wildman–Crippen LogP) is 1.85. The maximum atomic E-state index is 14.0. The van der Waals surface area contributed by atoms with E-state index in [2.05, 4.69) is 17.6 Å². The van der Waals surface area contributed by atoms with Crippen LogP contribution in [0.25, 0.3) is 0 Å². The number of rotatable bonds is 10. The van der Waals surface area contributed by atoms with E-state index in [0.29, 0.717) is 13.0 Å². The molecule has 3 aliphatic heterocycles. The van der Waals surface area contributed by atoms with Crippen molar-refractivity contribution in [3.05, 3.63) is 0 Å². The monoisotopic (exact) mass is 465 g/mol. The second-order valence-electron chi connectivity index (χ2n) is 10.9. The van der Waals surface area contributed by atoms with Gasteiger partial charge in [-0.2, -0.15) is 0 Å². The second-order valence-corrected chi connectivity index (χ2v) is 10.9. The lowest BCUT2D eigenvalue weighted by atomic mass is 9.62. The van der Waals surface area contributed by atoms with Gasteiger partial charge in [0.15, 0.2) is 0 Å². The van der Waals surface area contributed by atoms with Crippen LogP contribution in [0.1, 0.15) is 74.1 Å². The standard InChI is InChI=1S/C25H43N3O5/c1-8-10-16(6)27-22(31)20-25-12-15(5)24(7,33-25)18(21(30)26-11-9-2)19(25)23(32)28(20)17(13-29)14(3)4/h14-20,29H,8-13H2,1-7H3,(H,26,30)(H,27,31)/t15?,16?,17-,18+,19-,20?,24-,25?/m0/s1. The Labute approximate surface area is 198 Å². The maximum Gasteiger partial charge on any atom is 0.246 e. The first-order valence-corrected chi connectivity index (χ1v) is 12.7. The number of hydrogen-bond acceptors (Lipinski definition) is 5. The van der Waals surface area contributed by atoms with Crippen molar-refractivity contribution >= 4 is 17.7 Å². The molecule has 4 unspecified atom stereocenters. The molecular formula is C25H43N3O5. The van der Waals surface area contributed by atoms with Crippen LogP contribution in [-0.4, -0.2) is 70.2 Å². The van der Waals surface area contributed by atoms with Crippen molar-refractivity contribution < 1.29 is 24.2 Å². The van der Waals surface area contributed by atoms with Crippen molar-refractivity contribution in [1.82, 2.24) is 15.5 Å². The zero-order valence-electron chi connectivity index (χ0n) is 21.3. The number of amides is 3. The van der Waals surface area contributed by atoms with E-state index in [1.807, 2.05) is 41.5 Å². The summed E-state index contributed by atoms with van der Waals surface area (Å²) < 4.78 is 6.68. The Bertz CT molecular complexity index is 773. The molecule has 33 heavy (non-hydrogen) atoms. The molecule has 0 radical (unpaired) electrons. The fraction of sp³-hybridized carbons (Fsp3) is 0.880. The van der Waals surface area contributed by atoms with Crippen molar-refractivity contribution in [3.63, 3.8) is 0 Å². The van der Waals surface area contributed by atoms with Gasteiger partial charge < -0.3 is 25.4 Å². The number of likely N-dealkylation sites (tertiary alicyclic amines) is 1. The number of ether oxygens (including phenoxy) is 1. The SMILES string of the molecule is CCCNC(=O)[C@H]1[C@H]2C(=O)N([C@@H](CO)C(C)C)C(C(=O)NC(C)CCC)C23CC(C)[C@]1(C)O3.